The first kappa shape index (κ1) is 17.5. The summed E-state index contributed by atoms with van der Waals surface area (Å²) in [7, 11) is 4.71. The quantitative estimate of drug-likeness (QED) is 0.766. The smallest absolute Gasteiger partial charge is 0.254 e. The molecule has 0 aliphatic carbocycles. The molecule has 0 saturated heterocycles. The molecule has 3 rings (SSSR count). The summed E-state index contributed by atoms with van der Waals surface area (Å²) in [6, 6.07) is 14.3. The molecule has 3 aromatic rings. The molecule has 0 aliphatic heterocycles. The Kier molecular flexibility index (Phi) is 4.93. The minimum Gasteiger partial charge on any atom is -0.497 e. The number of para-hydroxylation sites is 1. The number of amides is 1. The lowest BCUT2D eigenvalue weighted by atomic mass is 10.1. The second kappa shape index (κ2) is 7.31. The van der Waals surface area contributed by atoms with Crippen molar-refractivity contribution in [2.24, 2.45) is 0 Å². The van der Waals surface area contributed by atoms with Gasteiger partial charge in [0.05, 0.1) is 20.8 Å². The average molecular weight is 352 g/mol. The summed E-state index contributed by atoms with van der Waals surface area (Å²) in [4.78, 5) is 29.4. The summed E-state index contributed by atoms with van der Waals surface area (Å²) >= 11 is 0. The van der Waals surface area contributed by atoms with Gasteiger partial charge in [-0.15, -0.1) is 0 Å². The van der Waals surface area contributed by atoms with Crippen molar-refractivity contribution in [3.8, 4) is 11.5 Å². The Bertz CT molecular complexity index is 988. The third kappa shape index (κ3) is 3.54. The molecule has 0 radical (unpaired) electrons. The lowest BCUT2D eigenvalue weighted by Gasteiger charge is -2.18. The Hall–Kier alpha value is -3.28. The summed E-state index contributed by atoms with van der Waals surface area (Å²) in [6.45, 7) is 0.193. The molecule has 2 aromatic carbocycles. The maximum atomic E-state index is 12.8. The van der Waals surface area contributed by atoms with Gasteiger partial charge in [0.15, 0.2) is 0 Å². The molecule has 134 valence electrons. The first-order valence-corrected chi connectivity index (χ1v) is 8.11. The number of aromatic amines is 1. The van der Waals surface area contributed by atoms with Gasteiger partial charge in [0, 0.05) is 29.8 Å². The van der Waals surface area contributed by atoms with E-state index in [0.29, 0.717) is 22.6 Å². The number of nitrogens with one attached hydrogen (secondary N) is 1. The summed E-state index contributed by atoms with van der Waals surface area (Å²) in [5.41, 5.74) is 1.52. The highest BCUT2D eigenvalue weighted by molar-refractivity contribution is 5.95. The van der Waals surface area contributed by atoms with Crippen LogP contribution < -0.4 is 15.0 Å². The zero-order valence-electron chi connectivity index (χ0n) is 14.9. The first-order chi connectivity index (χ1) is 12.5. The van der Waals surface area contributed by atoms with Crippen molar-refractivity contribution in [1.29, 1.82) is 0 Å². The summed E-state index contributed by atoms with van der Waals surface area (Å²) in [5, 5.41) is 0.922. The molecule has 0 spiro atoms. The van der Waals surface area contributed by atoms with E-state index < -0.39 is 0 Å². The van der Waals surface area contributed by atoms with Gasteiger partial charge >= 0.3 is 0 Å². The van der Waals surface area contributed by atoms with Crippen molar-refractivity contribution >= 4 is 16.8 Å². The Morgan fingerprint density at radius 1 is 1.04 bits per heavy atom. The molecule has 0 aliphatic rings. The number of H-pyrrole nitrogens is 1. The number of carbonyl (C=O) groups is 1. The second-order valence-corrected chi connectivity index (χ2v) is 5.97. The van der Waals surface area contributed by atoms with Gasteiger partial charge in [-0.3, -0.25) is 9.59 Å². The fourth-order valence-electron chi connectivity index (χ4n) is 2.79. The molecule has 1 N–H and O–H groups in total. The van der Waals surface area contributed by atoms with E-state index in [4.69, 9.17) is 9.47 Å². The zero-order chi connectivity index (χ0) is 18.7. The minimum absolute atomic E-state index is 0.193. The van der Waals surface area contributed by atoms with Gasteiger partial charge < -0.3 is 19.4 Å². The van der Waals surface area contributed by atoms with Crippen molar-refractivity contribution in [1.82, 2.24) is 9.88 Å². The number of fused-ring (bicyclic) bond motifs is 1. The third-order valence-electron chi connectivity index (χ3n) is 4.18. The molecule has 0 bridgehead atoms. The molecule has 6 nitrogen and oxygen atoms in total. The number of benzene rings is 2. The third-order valence-corrected chi connectivity index (χ3v) is 4.18. The van der Waals surface area contributed by atoms with Crippen LogP contribution in [-0.2, 0) is 6.54 Å². The number of ether oxygens (including phenoxy) is 2. The molecule has 1 amide bonds. The van der Waals surface area contributed by atoms with Crippen LogP contribution >= 0.6 is 0 Å². The monoisotopic (exact) mass is 352 g/mol. The Morgan fingerprint density at radius 2 is 1.69 bits per heavy atom. The molecular formula is C20H20N2O4. The molecule has 0 atom stereocenters. The van der Waals surface area contributed by atoms with E-state index in [0.717, 1.165) is 10.9 Å². The van der Waals surface area contributed by atoms with E-state index >= 15 is 0 Å². The average Bonchev–Trinajstić information content (AvgIpc) is 2.67. The highest BCUT2D eigenvalue weighted by atomic mass is 16.5. The number of hydrogen-bond donors (Lipinski definition) is 1. The predicted molar refractivity (Wildman–Crippen MR) is 99.9 cm³/mol. The van der Waals surface area contributed by atoms with Gasteiger partial charge in [0.25, 0.3) is 11.5 Å². The van der Waals surface area contributed by atoms with Gasteiger partial charge in [0.1, 0.15) is 11.5 Å². The highest BCUT2D eigenvalue weighted by Crippen LogP contribution is 2.23. The Balaban J connectivity index is 1.88. The standard InChI is InChI=1S/C20H20N2O4/c1-22(20(24)14-9-16(25-2)11-17(10-14)26-3)12-15-8-13-6-4-5-7-18(13)21-19(15)23/h4-11H,12H2,1-3H3,(H,21,23). The van der Waals surface area contributed by atoms with Crippen molar-refractivity contribution in [2.75, 3.05) is 21.3 Å². The van der Waals surface area contributed by atoms with Crippen LogP contribution in [0.3, 0.4) is 0 Å². The van der Waals surface area contributed by atoms with Crippen LogP contribution in [-0.4, -0.2) is 37.1 Å². The molecule has 6 heteroatoms. The lowest BCUT2D eigenvalue weighted by molar-refractivity contribution is 0.0784. The fourth-order valence-corrected chi connectivity index (χ4v) is 2.79. The van der Waals surface area contributed by atoms with Crippen LogP contribution in [0, 0.1) is 0 Å². The number of hydrogen-bond acceptors (Lipinski definition) is 4. The number of methoxy groups -OCH3 is 2. The van der Waals surface area contributed by atoms with E-state index in [1.165, 1.54) is 19.1 Å². The second-order valence-electron chi connectivity index (χ2n) is 5.97. The number of aromatic nitrogens is 1. The molecule has 0 fully saturated rings. The van der Waals surface area contributed by atoms with E-state index in [-0.39, 0.29) is 18.0 Å². The van der Waals surface area contributed by atoms with Crippen LogP contribution in [0.5, 0.6) is 11.5 Å². The van der Waals surface area contributed by atoms with Crippen molar-refractivity contribution in [3.63, 3.8) is 0 Å². The summed E-state index contributed by atoms with van der Waals surface area (Å²) in [6.07, 6.45) is 0. The molecule has 1 aromatic heterocycles. The maximum Gasteiger partial charge on any atom is 0.254 e. The fraction of sp³-hybridized carbons (Fsp3) is 0.200. The first-order valence-electron chi connectivity index (χ1n) is 8.11. The SMILES string of the molecule is COc1cc(OC)cc(C(=O)N(C)Cc2cc3ccccc3[nH]c2=O)c1. The van der Waals surface area contributed by atoms with Gasteiger partial charge in [-0.2, -0.15) is 0 Å². The van der Waals surface area contributed by atoms with Crippen LogP contribution in [0.4, 0.5) is 0 Å². The molecule has 1 heterocycles. The van der Waals surface area contributed by atoms with E-state index in [2.05, 4.69) is 4.98 Å². The number of nitrogens with zero attached hydrogens (tertiary/aromatic N) is 1. The van der Waals surface area contributed by atoms with Gasteiger partial charge in [-0.1, -0.05) is 18.2 Å². The van der Waals surface area contributed by atoms with Gasteiger partial charge in [-0.25, -0.2) is 0 Å². The Labute approximate surface area is 151 Å². The van der Waals surface area contributed by atoms with Gasteiger partial charge in [0.2, 0.25) is 0 Å². The predicted octanol–water partition coefficient (Wildman–Crippen LogP) is 2.82. The van der Waals surface area contributed by atoms with Crippen molar-refractivity contribution in [2.45, 2.75) is 6.54 Å². The molecule has 0 saturated carbocycles. The van der Waals surface area contributed by atoms with E-state index in [1.54, 1.807) is 25.2 Å². The van der Waals surface area contributed by atoms with E-state index in [1.807, 2.05) is 30.3 Å². The molecule has 0 unspecified atom stereocenters. The van der Waals surface area contributed by atoms with E-state index in [9.17, 15) is 9.59 Å². The van der Waals surface area contributed by atoms with Gasteiger partial charge in [-0.05, 0) is 29.7 Å². The highest BCUT2D eigenvalue weighted by Gasteiger charge is 2.16. The van der Waals surface area contributed by atoms with Crippen LogP contribution in [0.2, 0.25) is 0 Å². The Morgan fingerprint density at radius 3 is 2.35 bits per heavy atom. The number of pyridine rings is 1. The number of rotatable bonds is 5. The minimum atomic E-state index is -0.227. The topological polar surface area (TPSA) is 71.6 Å². The summed E-state index contributed by atoms with van der Waals surface area (Å²) < 4.78 is 10.4. The zero-order valence-corrected chi connectivity index (χ0v) is 14.9. The van der Waals surface area contributed by atoms with Crippen molar-refractivity contribution < 1.29 is 14.3 Å². The van der Waals surface area contributed by atoms with Crippen molar-refractivity contribution in [3.05, 3.63) is 70.0 Å². The van der Waals surface area contributed by atoms with Crippen LogP contribution in [0.1, 0.15) is 15.9 Å². The lowest BCUT2D eigenvalue weighted by Crippen LogP contribution is -2.29. The van der Waals surface area contributed by atoms with Crippen LogP contribution in [0.25, 0.3) is 10.9 Å². The molecule has 26 heavy (non-hydrogen) atoms. The number of carbonyl (C=O) groups excluding carboxylic acids is 1. The largest absolute Gasteiger partial charge is 0.497 e. The molecular weight excluding hydrogens is 332 g/mol. The maximum absolute atomic E-state index is 12.8. The summed E-state index contributed by atoms with van der Waals surface area (Å²) in [5.74, 6) is 0.837. The van der Waals surface area contributed by atoms with Crippen LogP contribution in [0.15, 0.2) is 53.3 Å². The normalized spacial score (nSPS) is 10.6.